The SMILES string of the molecule is CN1C(=O)[C@]2(c3cc(Cl)cc(Cl)c31)C(C(=O)O)C(C(=O)N(CC1CCCC1)c1cc(Cl)cc(Cl)c1)C1C[C@](C)(OCc3ccccc3)CN12. The van der Waals surface area contributed by atoms with Crippen molar-refractivity contribution >= 4 is 75.6 Å². The molecule has 1 N–H and O–H groups in total. The number of benzene rings is 3. The number of carboxylic acid groups (broad SMARTS) is 1. The van der Waals surface area contributed by atoms with Gasteiger partial charge in [0.2, 0.25) is 5.91 Å². The van der Waals surface area contributed by atoms with Crippen LogP contribution >= 0.6 is 46.4 Å². The van der Waals surface area contributed by atoms with Gasteiger partial charge in [-0.2, -0.15) is 0 Å². The van der Waals surface area contributed by atoms with E-state index in [1.807, 2.05) is 42.2 Å². The third-order valence-corrected chi connectivity index (χ3v) is 11.9. The average Bonchev–Trinajstić information content (AvgIpc) is 3.79. The Hall–Kier alpha value is -2.85. The lowest BCUT2D eigenvalue weighted by molar-refractivity contribution is -0.154. The number of rotatable bonds is 8. The number of hydrogen-bond donors (Lipinski definition) is 1. The largest absolute Gasteiger partial charge is 0.481 e. The van der Waals surface area contributed by atoms with Gasteiger partial charge in [0.25, 0.3) is 5.91 Å². The first-order valence-electron chi connectivity index (χ1n) is 16.6. The van der Waals surface area contributed by atoms with Crippen molar-refractivity contribution in [3.8, 4) is 0 Å². The van der Waals surface area contributed by atoms with Crippen LogP contribution in [0.4, 0.5) is 11.4 Å². The minimum absolute atomic E-state index is 0.201. The van der Waals surface area contributed by atoms with E-state index in [2.05, 4.69) is 0 Å². The maximum atomic E-state index is 15.3. The lowest BCUT2D eigenvalue weighted by Crippen LogP contribution is -2.56. The van der Waals surface area contributed by atoms with Crippen LogP contribution in [-0.4, -0.2) is 59.6 Å². The fraction of sp³-hybridized carbons (Fsp3) is 0.432. The van der Waals surface area contributed by atoms with Crippen LogP contribution in [0.5, 0.6) is 0 Å². The maximum absolute atomic E-state index is 15.3. The molecule has 3 aromatic carbocycles. The molecule has 3 unspecified atom stereocenters. The standard InChI is InChI=1S/C37H37Cl4N3O5/c1-36(49-19-22-10-4-3-5-11-22)17-29-30(33(45)43(18-21-8-6-7-9-21)26-13-23(38)12-24(39)14-26)31(34(46)47)37(44(29)20-36)27-15-25(40)16-28(41)32(27)42(2)35(37)48/h3-5,10-16,21,29-31H,6-9,17-20H2,1-2H3,(H,46,47)/t29?,30?,31?,36-,37-/m0/s1. The fourth-order valence-electron chi connectivity index (χ4n) is 8.94. The van der Waals surface area contributed by atoms with Crippen molar-refractivity contribution in [3.63, 3.8) is 0 Å². The Balaban J connectivity index is 1.39. The van der Waals surface area contributed by atoms with E-state index in [1.54, 1.807) is 42.3 Å². The van der Waals surface area contributed by atoms with E-state index in [0.717, 1.165) is 31.2 Å². The predicted octanol–water partition coefficient (Wildman–Crippen LogP) is 8.08. The molecule has 49 heavy (non-hydrogen) atoms. The van der Waals surface area contributed by atoms with Crippen LogP contribution in [-0.2, 0) is 31.3 Å². The van der Waals surface area contributed by atoms with E-state index in [4.69, 9.17) is 51.1 Å². The summed E-state index contributed by atoms with van der Waals surface area (Å²) < 4.78 is 6.60. The minimum Gasteiger partial charge on any atom is -0.481 e. The lowest BCUT2D eigenvalue weighted by atomic mass is 9.72. The molecule has 3 fully saturated rings. The number of anilines is 2. The molecule has 8 nitrogen and oxygen atoms in total. The van der Waals surface area contributed by atoms with Gasteiger partial charge in [-0.1, -0.05) is 89.6 Å². The molecule has 3 aliphatic heterocycles. The van der Waals surface area contributed by atoms with Gasteiger partial charge in [0.05, 0.1) is 28.8 Å². The van der Waals surface area contributed by atoms with E-state index in [0.29, 0.717) is 46.6 Å². The predicted molar refractivity (Wildman–Crippen MR) is 192 cm³/mol. The number of aliphatic carboxylic acids is 1. The zero-order valence-electron chi connectivity index (χ0n) is 27.2. The summed E-state index contributed by atoms with van der Waals surface area (Å²) in [6.07, 6.45) is 4.32. The first-order chi connectivity index (χ1) is 23.3. The molecule has 3 aromatic rings. The Bertz CT molecular complexity index is 1800. The minimum atomic E-state index is -1.77. The molecular weight excluding hydrogens is 708 g/mol. The van der Waals surface area contributed by atoms with Gasteiger partial charge in [0.15, 0.2) is 0 Å². The third kappa shape index (κ3) is 5.82. The Morgan fingerprint density at radius 1 is 0.980 bits per heavy atom. The van der Waals surface area contributed by atoms with Gasteiger partial charge in [0, 0.05) is 52.5 Å². The third-order valence-electron chi connectivity index (χ3n) is 10.9. The second-order valence-corrected chi connectivity index (χ2v) is 15.8. The summed E-state index contributed by atoms with van der Waals surface area (Å²) in [6, 6.07) is 17.2. The van der Waals surface area contributed by atoms with Crippen molar-refractivity contribution in [2.45, 2.75) is 62.8 Å². The van der Waals surface area contributed by atoms with Crippen LogP contribution in [0.2, 0.25) is 20.1 Å². The Labute approximate surface area is 305 Å². The van der Waals surface area contributed by atoms with Crippen molar-refractivity contribution in [2.24, 2.45) is 17.8 Å². The highest BCUT2D eigenvalue weighted by atomic mass is 35.5. The molecule has 0 radical (unpaired) electrons. The van der Waals surface area contributed by atoms with E-state index in [1.165, 1.54) is 4.90 Å². The molecule has 5 atom stereocenters. The summed E-state index contributed by atoms with van der Waals surface area (Å²) in [5.74, 6) is -4.50. The second-order valence-electron chi connectivity index (χ2n) is 14.1. The summed E-state index contributed by atoms with van der Waals surface area (Å²) in [7, 11) is 1.58. The summed E-state index contributed by atoms with van der Waals surface area (Å²) in [5, 5.41) is 12.4. The molecule has 2 amide bonds. The summed E-state index contributed by atoms with van der Waals surface area (Å²) >= 11 is 26.2. The molecule has 4 aliphatic rings. The zero-order valence-corrected chi connectivity index (χ0v) is 30.2. The molecule has 3 heterocycles. The van der Waals surface area contributed by atoms with Crippen LogP contribution in [0.25, 0.3) is 0 Å². The van der Waals surface area contributed by atoms with Crippen LogP contribution in [0.15, 0.2) is 60.7 Å². The van der Waals surface area contributed by atoms with Gasteiger partial charge >= 0.3 is 5.97 Å². The first kappa shape index (κ1) is 34.6. The van der Waals surface area contributed by atoms with Gasteiger partial charge in [-0.25, -0.2) is 0 Å². The maximum Gasteiger partial charge on any atom is 0.310 e. The number of carboxylic acids is 1. The summed E-state index contributed by atoms with van der Waals surface area (Å²) in [5.41, 5.74) is -0.358. The van der Waals surface area contributed by atoms with Gasteiger partial charge in [-0.3, -0.25) is 19.3 Å². The van der Waals surface area contributed by atoms with E-state index < -0.39 is 46.8 Å². The van der Waals surface area contributed by atoms with Crippen molar-refractivity contribution in [3.05, 3.63) is 91.9 Å². The van der Waals surface area contributed by atoms with E-state index >= 15 is 4.79 Å². The lowest BCUT2D eigenvalue weighted by Gasteiger charge is -2.38. The van der Waals surface area contributed by atoms with Crippen molar-refractivity contribution in [1.82, 2.24) is 4.90 Å². The fourth-order valence-corrected chi connectivity index (χ4v) is 10.1. The number of fused-ring (bicyclic) bond motifs is 4. The van der Waals surface area contributed by atoms with E-state index in [-0.39, 0.29) is 22.5 Å². The molecular formula is C37H37Cl4N3O5. The van der Waals surface area contributed by atoms with Crippen molar-refractivity contribution in [1.29, 1.82) is 0 Å². The number of nitrogens with zero attached hydrogens (tertiary/aromatic N) is 3. The second kappa shape index (κ2) is 13.0. The molecule has 7 rings (SSSR count). The van der Waals surface area contributed by atoms with Gasteiger partial charge in [0.1, 0.15) is 11.5 Å². The first-order valence-corrected chi connectivity index (χ1v) is 18.1. The number of hydrogen-bond acceptors (Lipinski definition) is 5. The number of ether oxygens (including phenoxy) is 1. The van der Waals surface area contributed by atoms with Crippen LogP contribution in [0.1, 0.15) is 50.2 Å². The quantitative estimate of drug-likeness (QED) is 0.251. The number of amides is 2. The Morgan fingerprint density at radius 2 is 1.63 bits per heavy atom. The van der Waals surface area contributed by atoms with E-state index in [9.17, 15) is 14.7 Å². The normalized spacial score (nSPS) is 28.0. The average molecular weight is 746 g/mol. The molecule has 0 bridgehead atoms. The smallest absolute Gasteiger partial charge is 0.310 e. The molecule has 1 aliphatic carbocycles. The zero-order chi connectivity index (χ0) is 34.8. The van der Waals surface area contributed by atoms with Gasteiger partial charge in [-0.15, -0.1) is 0 Å². The molecule has 1 spiro atoms. The number of likely N-dealkylation sites (N-methyl/N-ethyl adjacent to an activating group) is 1. The van der Waals surface area contributed by atoms with Crippen LogP contribution in [0.3, 0.4) is 0 Å². The van der Waals surface area contributed by atoms with Gasteiger partial charge in [-0.05, 0) is 68.0 Å². The highest BCUT2D eigenvalue weighted by molar-refractivity contribution is 6.38. The van der Waals surface area contributed by atoms with Crippen LogP contribution < -0.4 is 9.80 Å². The molecule has 12 heteroatoms. The monoisotopic (exact) mass is 743 g/mol. The number of carbonyl (C=O) groups excluding carboxylic acids is 2. The van der Waals surface area contributed by atoms with Gasteiger partial charge < -0.3 is 19.6 Å². The topological polar surface area (TPSA) is 90.4 Å². The van der Waals surface area contributed by atoms with Crippen LogP contribution in [0, 0.1) is 17.8 Å². The van der Waals surface area contributed by atoms with Crippen molar-refractivity contribution < 1.29 is 24.2 Å². The number of carbonyl (C=O) groups is 3. The highest BCUT2D eigenvalue weighted by Crippen LogP contribution is 2.62. The number of halogens is 4. The summed E-state index contributed by atoms with van der Waals surface area (Å²) in [6.45, 7) is 2.85. The Kier molecular flexibility index (Phi) is 9.21. The summed E-state index contributed by atoms with van der Waals surface area (Å²) in [4.78, 5) is 48.8. The van der Waals surface area contributed by atoms with Crippen molar-refractivity contribution in [2.75, 3.05) is 29.9 Å². The highest BCUT2D eigenvalue weighted by Gasteiger charge is 2.74. The Morgan fingerprint density at radius 3 is 2.29 bits per heavy atom. The molecule has 258 valence electrons. The molecule has 1 saturated carbocycles. The molecule has 2 saturated heterocycles. The molecule has 0 aromatic heterocycles.